The van der Waals surface area contributed by atoms with Crippen molar-refractivity contribution in [3.63, 3.8) is 0 Å². The van der Waals surface area contributed by atoms with E-state index in [0.717, 1.165) is 24.8 Å². The Kier molecular flexibility index (Phi) is 10.3. The second-order valence-electron chi connectivity index (χ2n) is 6.10. The molecule has 0 aliphatic carbocycles. The summed E-state index contributed by atoms with van der Waals surface area (Å²) in [5.74, 6) is -0.0645. The SMILES string of the molecule is CCCCCCCCC/C=C/CCCc1ccc(O)c(O)c1. The molecule has 1 aromatic carbocycles. The van der Waals surface area contributed by atoms with E-state index in [2.05, 4.69) is 19.1 Å². The normalized spacial score (nSPS) is 11.3. The molecule has 0 aromatic heterocycles. The Hall–Kier alpha value is -1.44. The Bertz CT molecular complexity index is 424. The second kappa shape index (κ2) is 12.1. The molecule has 0 bridgehead atoms. The van der Waals surface area contributed by atoms with E-state index < -0.39 is 0 Å². The lowest BCUT2D eigenvalue weighted by Gasteiger charge is -2.02. The van der Waals surface area contributed by atoms with Crippen LogP contribution in [0.15, 0.2) is 30.4 Å². The van der Waals surface area contributed by atoms with Crippen LogP contribution in [0.5, 0.6) is 11.5 Å². The number of hydrogen-bond donors (Lipinski definition) is 2. The van der Waals surface area contributed by atoms with E-state index in [1.807, 2.05) is 6.07 Å². The third-order valence-corrected chi connectivity index (χ3v) is 4.02. The molecule has 0 saturated heterocycles. The highest BCUT2D eigenvalue weighted by Gasteiger charge is 1.99. The van der Waals surface area contributed by atoms with Crippen LogP contribution in [-0.2, 0) is 6.42 Å². The lowest BCUT2D eigenvalue weighted by Crippen LogP contribution is -1.84. The van der Waals surface area contributed by atoms with Crippen LogP contribution in [0.25, 0.3) is 0 Å². The molecular weight excluding hydrogens is 272 g/mol. The third-order valence-electron chi connectivity index (χ3n) is 4.02. The highest BCUT2D eigenvalue weighted by molar-refractivity contribution is 5.40. The largest absolute Gasteiger partial charge is 0.504 e. The van der Waals surface area contributed by atoms with Crippen molar-refractivity contribution in [3.05, 3.63) is 35.9 Å². The van der Waals surface area contributed by atoms with Gasteiger partial charge in [-0.15, -0.1) is 0 Å². The van der Waals surface area contributed by atoms with Crippen LogP contribution in [0.3, 0.4) is 0 Å². The maximum absolute atomic E-state index is 9.43. The number of aromatic hydroxyl groups is 2. The molecule has 0 heterocycles. The van der Waals surface area contributed by atoms with Gasteiger partial charge < -0.3 is 10.2 Å². The van der Waals surface area contributed by atoms with Crippen molar-refractivity contribution in [2.24, 2.45) is 0 Å². The first-order valence-electron chi connectivity index (χ1n) is 8.90. The fourth-order valence-corrected chi connectivity index (χ4v) is 2.60. The molecular formula is C20H32O2. The minimum absolute atomic E-state index is 0.0213. The number of unbranched alkanes of at least 4 members (excludes halogenated alkanes) is 8. The summed E-state index contributed by atoms with van der Waals surface area (Å²) in [7, 11) is 0. The van der Waals surface area contributed by atoms with E-state index in [9.17, 15) is 10.2 Å². The fraction of sp³-hybridized carbons (Fsp3) is 0.600. The number of benzene rings is 1. The van der Waals surface area contributed by atoms with Gasteiger partial charge in [-0.25, -0.2) is 0 Å². The summed E-state index contributed by atoms with van der Waals surface area (Å²) >= 11 is 0. The van der Waals surface area contributed by atoms with E-state index in [1.165, 1.54) is 51.4 Å². The second-order valence-corrected chi connectivity index (χ2v) is 6.10. The molecule has 1 aromatic rings. The smallest absolute Gasteiger partial charge is 0.157 e. The topological polar surface area (TPSA) is 40.5 Å². The number of aryl methyl sites for hydroxylation is 1. The zero-order chi connectivity index (χ0) is 16.0. The highest BCUT2D eigenvalue weighted by atomic mass is 16.3. The minimum Gasteiger partial charge on any atom is -0.504 e. The van der Waals surface area contributed by atoms with Gasteiger partial charge in [-0.2, -0.15) is 0 Å². The summed E-state index contributed by atoms with van der Waals surface area (Å²) in [6.45, 7) is 2.26. The molecule has 2 heteroatoms. The van der Waals surface area contributed by atoms with Gasteiger partial charge in [0.15, 0.2) is 11.5 Å². The summed E-state index contributed by atoms with van der Waals surface area (Å²) in [6, 6.07) is 5.08. The fourth-order valence-electron chi connectivity index (χ4n) is 2.60. The molecule has 1 rings (SSSR count). The van der Waals surface area contributed by atoms with E-state index in [0.29, 0.717) is 0 Å². The van der Waals surface area contributed by atoms with Crippen molar-refractivity contribution in [3.8, 4) is 11.5 Å². The van der Waals surface area contributed by atoms with Gasteiger partial charge in [-0.1, -0.05) is 63.7 Å². The molecule has 0 atom stereocenters. The standard InChI is InChI=1S/C20H32O2/c1-2-3-4-5-6-7-8-9-10-11-12-13-14-18-15-16-19(21)20(22)17-18/h10-11,15-17,21-22H,2-9,12-14H2,1H3/b11-10+. The van der Waals surface area contributed by atoms with Gasteiger partial charge in [-0.05, 0) is 49.8 Å². The zero-order valence-electron chi connectivity index (χ0n) is 14.1. The van der Waals surface area contributed by atoms with Gasteiger partial charge in [0, 0.05) is 0 Å². The maximum Gasteiger partial charge on any atom is 0.157 e. The Labute approximate surface area is 135 Å². The van der Waals surface area contributed by atoms with Crippen LogP contribution in [0, 0.1) is 0 Å². The lowest BCUT2D eigenvalue weighted by molar-refractivity contribution is 0.403. The summed E-state index contributed by atoms with van der Waals surface area (Å²) in [5.41, 5.74) is 1.08. The van der Waals surface area contributed by atoms with E-state index in [4.69, 9.17) is 0 Å². The molecule has 0 radical (unpaired) electrons. The van der Waals surface area contributed by atoms with Crippen molar-refractivity contribution in [2.75, 3.05) is 0 Å². The minimum atomic E-state index is -0.0432. The number of phenols is 2. The zero-order valence-corrected chi connectivity index (χ0v) is 14.1. The first-order valence-corrected chi connectivity index (χ1v) is 8.90. The van der Waals surface area contributed by atoms with Gasteiger partial charge in [0.25, 0.3) is 0 Å². The molecule has 2 N–H and O–H groups in total. The Morgan fingerprint density at radius 3 is 2.09 bits per heavy atom. The van der Waals surface area contributed by atoms with Crippen LogP contribution in [0.1, 0.15) is 76.7 Å². The first kappa shape index (κ1) is 18.6. The number of allylic oxidation sites excluding steroid dienone is 2. The molecule has 0 saturated carbocycles. The number of rotatable bonds is 12. The van der Waals surface area contributed by atoms with Crippen LogP contribution >= 0.6 is 0 Å². The Morgan fingerprint density at radius 2 is 1.41 bits per heavy atom. The average Bonchev–Trinajstić information content (AvgIpc) is 2.52. The summed E-state index contributed by atoms with van der Waals surface area (Å²) < 4.78 is 0. The van der Waals surface area contributed by atoms with E-state index >= 15 is 0 Å². The monoisotopic (exact) mass is 304 g/mol. The van der Waals surface area contributed by atoms with Gasteiger partial charge in [-0.3, -0.25) is 0 Å². The first-order chi connectivity index (χ1) is 10.7. The third kappa shape index (κ3) is 8.76. The molecule has 0 amide bonds. The molecule has 2 nitrogen and oxygen atoms in total. The average molecular weight is 304 g/mol. The summed E-state index contributed by atoms with van der Waals surface area (Å²) in [5, 5.41) is 18.7. The van der Waals surface area contributed by atoms with Gasteiger partial charge >= 0.3 is 0 Å². The molecule has 0 aliphatic rings. The number of hydrogen-bond acceptors (Lipinski definition) is 2. The van der Waals surface area contributed by atoms with Gasteiger partial charge in [0.05, 0.1) is 0 Å². The Balaban J connectivity index is 1.97. The van der Waals surface area contributed by atoms with Crippen LogP contribution in [0.2, 0.25) is 0 Å². The maximum atomic E-state index is 9.43. The van der Waals surface area contributed by atoms with Crippen LogP contribution < -0.4 is 0 Å². The Morgan fingerprint density at radius 1 is 0.773 bits per heavy atom. The molecule has 0 unspecified atom stereocenters. The predicted molar refractivity (Wildman–Crippen MR) is 94.5 cm³/mol. The van der Waals surface area contributed by atoms with Gasteiger partial charge in [0.2, 0.25) is 0 Å². The predicted octanol–water partition coefficient (Wildman–Crippen LogP) is 6.12. The van der Waals surface area contributed by atoms with Crippen LogP contribution in [-0.4, -0.2) is 10.2 Å². The lowest BCUT2D eigenvalue weighted by atomic mass is 10.1. The molecule has 0 aliphatic heterocycles. The molecule has 22 heavy (non-hydrogen) atoms. The molecule has 0 fully saturated rings. The molecule has 0 spiro atoms. The van der Waals surface area contributed by atoms with Crippen molar-refractivity contribution in [1.29, 1.82) is 0 Å². The summed E-state index contributed by atoms with van der Waals surface area (Å²) in [6.07, 6.45) is 18.5. The van der Waals surface area contributed by atoms with Crippen LogP contribution in [0.4, 0.5) is 0 Å². The molecule has 124 valence electrons. The number of phenolic OH excluding ortho intramolecular Hbond substituents is 2. The highest BCUT2D eigenvalue weighted by Crippen LogP contribution is 2.25. The van der Waals surface area contributed by atoms with Crippen molar-refractivity contribution in [2.45, 2.75) is 77.6 Å². The van der Waals surface area contributed by atoms with E-state index in [1.54, 1.807) is 12.1 Å². The van der Waals surface area contributed by atoms with Crippen molar-refractivity contribution < 1.29 is 10.2 Å². The summed E-state index contributed by atoms with van der Waals surface area (Å²) in [4.78, 5) is 0. The quantitative estimate of drug-likeness (QED) is 0.277. The van der Waals surface area contributed by atoms with E-state index in [-0.39, 0.29) is 11.5 Å². The van der Waals surface area contributed by atoms with Crippen molar-refractivity contribution in [1.82, 2.24) is 0 Å². The van der Waals surface area contributed by atoms with Crippen molar-refractivity contribution >= 4 is 0 Å². The van der Waals surface area contributed by atoms with Gasteiger partial charge in [0.1, 0.15) is 0 Å².